The molecule has 0 spiro atoms. The van der Waals surface area contributed by atoms with Gasteiger partial charge in [0, 0.05) is 10.9 Å². The largest absolute Gasteiger partial charge is 0.323 e. The second-order valence-corrected chi connectivity index (χ2v) is 6.75. The summed E-state index contributed by atoms with van der Waals surface area (Å²) in [6.45, 7) is 0. The van der Waals surface area contributed by atoms with Crippen molar-refractivity contribution in [3.8, 4) is 0 Å². The molecular weight excluding hydrogens is 226 g/mol. The molecule has 2 fully saturated rings. The molecule has 2 bridgehead atoms. The Balaban J connectivity index is 1.77. The van der Waals surface area contributed by atoms with Crippen LogP contribution in [-0.4, -0.2) is 0 Å². The molecule has 15 heavy (non-hydrogen) atoms. The van der Waals surface area contributed by atoms with Gasteiger partial charge in [-0.25, -0.2) is 0 Å². The van der Waals surface area contributed by atoms with E-state index in [1.54, 1.807) is 11.3 Å². The maximum absolute atomic E-state index is 6.35. The lowest BCUT2D eigenvalue weighted by atomic mass is 9.83. The molecule has 2 aliphatic rings. The van der Waals surface area contributed by atoms with Gasteiger partial charge < -0.3 is 5.73 Å². The fourth-order valence-corrected chi connectivity index (χ4v) is 4.59. The summed E-state index contributed by atoms with van der Waals surface area (Å²) in [5.41, 5.74) is 6.35. The Kier molecular flexibility index (Phi) is 2.54. The Morgan fingerprint density at radius 3 is 2.73 bits per heavy atom. The third-order valence-corrected chi connectivity index (χ3v) is 5.51. The maximum atomic E-state index is 6.35. The van der Waals surface area contributed by atoms with E-state index >= 15 is 0 Å². The molecule has 4 unspecified atom stereocenters. The summed E-state index contributed by atoms with van der Waals surface area (Å²) in [5, 5.41) is 0. The van der Waals surface area contributed by atoms with E-state index in [2.05, 4.69) is 6.07 Å². The van der Waals surface area contributed by atoms with E-state index < -0.39 is 0 Å². The van der Waals surface area contributed by atoms with Gasteiger partial charge in [-0.15, -0.1) is 11.3 Å². The zero-order valence-corrected chi connectivity index (χ0v) is 10.2. The molecule has 2 N–H and O–H groups in total. The molecule has 1 aromatic rings. The Bertz CT molecular complexity index is 362. The summed E-state index contributed by atoms with van der Waals surface area (Å²) in [5.74, 6) is 2.59. The first-order chi connectivity index (χ1) is 7.24. The van der Waals surface area contributed by atoms with Crippen molar-refractivity contribution in [3.05, 3.63) is 21.3 Å². The number of hydrogen-bond acceptors (Lipinski definition) is 2. The standard InChI is InChI=1S/C12H16ClNS/c13-11-4-3-10(15-11)12(14)9-6-7-1-2-8(9)5-7/h3-4,7-9,12H,1-2,5-6,14H2. The minimum absolute atomic E-state index is 0.234. The summed E-state index contributed by atoms with van der Waals surface area (Å²) in [7, 11) is 0. The van der Waals surface area contributed by atoms with Crippen LogP contribution in [0.1, 0.15) is 36.6 Å². The molecule has 2 aliphatic carbocycles. The first-order valence-corrected chi connectivity index (χ1v) is 6.94. The molecule has 0 radical (unpaired) electrons. The van der Waals surface area contributed by atoms with Crippen molar-refractivity contribution < 1.29 is 0 Å². The van der Waals surface area contributed by atoms with Gasteiger partial charge >= 0.3 is 0 Å². The van der Waals surface area contributed by atoms with Gasteiger partial charge in [0.05, 0.1) is 4.34 Å². The molecule has 0 aliphatic heterocycles. The van der Waals surface area contributed by atoms with Crippen LogP contribution in [0.4, 0.5) is 0 Å². The molecule has 0 saturated heterocycles. The van der Waals surface area contributed by atoms with Crippen molar-refractivity contribution >= 4 is 22.9 Å². The van der Waals surface area contributed by atoms with E-state index in [-0.39, 0.29) is 6.04 Å². The smallest absolute Gasteiger partial charge is 0.0931 e. The fourth-order valence-electron chi connectivity index (χ4n) is 3.45. The van der Waals surface area contributed by atoms with Crippen LogP contribution in [0.3, 0.4) is 0 Å². The molecule has 4 atom stereocenters. The molecule has 1 heterocycles. The van der Waals surface area contributed by atoms with E-state index in [4.69, 9.17) is 17.3 Å². The summed E-state index contributed by atoms with van der Waals surface area (Å²) in [6.07, 6.45) is 5.63. The topological polar surface area (TPSA) is 26.0 Å². The fraction of sp³-hybridized carbons (Fsp3) is 0.667. The molecule has 3 heteroatoms. The predicted molar refractivity (Wildman–Crippen MR) is 65.2 cm³/mol. The van der Waals surface area contributed by atoms with E-state index in [9.17, 15) is 0 Å². The highest BCUT2D eigenvalue weighted by Gasteiger charge is 2.42. The summed E-state index contributed by atoms with van der Waals surface area (Å²) < 4.78 is 0.864. The Hall–Kier alpha value is -0.0500. The molecule has 0 aromatic carbocycles. The van der Waals surface area contributed by atoms with Crippen LogP contribution in [0.15, 0.2) is 12.1 Å². The van der Waals surface area contributed by atoms with Crippen molar-refractivity contribution in [2.45, 2.75) is 31.7 Å². The van der Waals surface area contributed by atoms with Crippen LogP contribution in [0.2, 0.25) is 4.34 Å². The van der Waals surface area contributed by atoms with Crippen molar-refractivity contribution in [2.75, 3.05) is 0 Å². The van der Waals surface area contributed by atoms with Crippen LogP contribution in [0, 0.1) is 17.8 Å². The van der Waals surface area contributed by atoms with E-state index in [1.807, 2.05) is 6.07 Å². The first-order valence-electron chi connectivity index (χ1n) is 5.75. The van der Waals surface area contributed by atoms with Gasteiger partial charge in [0.1, 0.15) is 0 Å². The van der Waals surface area contributed by atoms with E-state index in [0.717, 1.165) is 22.1 Å². The Morgan fingerprint density at radius 1 is 1.33 bits per heavy atom. The minimum atomic E-state index is 0.234. The lowest BCUT2D eigenvalue weighted by molar-refractivity contribution is 0.287. The quantitative estimate of drug-likeness (QED) is 0.837. The number of fused-ring (bicyclic) bond motifs is 2. The molecule has 1 aromatic heterocycles. The Labute approximate surface area is 99.6 Å². The third kappa shape index (κ3) is 1.73. The highest BCUT2D eigenvalue weighted by molar-refractivity contribution is 7.16. The average molecular weight is 242 g/mol. The van der Waals surface area contributed by atoms with E-state index in [1.165, 1.54) is 30.6 Å². The maximum Gasteiger partial charge on any atom is 0.0931 e. The number of halogens is 1. The first kappa shape index (κ1) is 10.1. The highest BCUT2D eigenvalue weighted by Crippen LogP contribution is 2.52. The normalized spacial score (nSPS) is 36.0. The predicted octanol–water partition coefficient (Wildman–Crippen LogP) is 3.84. The van der Waals surface area contributed by atoms with Gasteiger partial charge in [-0.05, 0) is 49.1 Å². The van der Waals surface area contributed by atoms with Gasteiger partial charge in [0.2, 0.25) is 0 Å². The van der Waals surface area contributed by atoms with Crippen molar-refractivity contribution in [3.63, 3.8) is 0 Å². The molecule has 82 valence electrons. The van der Waals surface area contributed by atoms with Crippen LogP contribution in [0.5, 0.6) is 0 Å². The molecular formula is C12H16ClNS. The molecule has 1 nitrogen and oxygen atoms in total. The summed E-state index contributed by atoms with van der Waals surface area (Å²) >= 11 is 7.60. The SMILES string of the molecule is NC(c1ccc(Cl)s1)C1CC2CCC1C2. The zero-order chi connectivity index (χ0) is 10.4. The lowest BCUT2D eigenvalue weighted by Gasteiger charge is -2.26. The average Bonchev–Trinajstić information content (AvgIpc) is 2.90. The van der Waals surface area contributed by atoms with Crippen LogP contribution in [-0.2, 0) is 0 Å². The number of thiophene rings is 1. The van der Waals surface area contributed by atoms with Gasteiger partial charge in [0.25, 0.3) is 0 Å². The van der Waals surface area contributed by atoms with Crippen molar-refractivity contribution in [2.24, 2.45) is 23.5 Å². The second-order valence-electron chi connectivity index (χ2n) is 5.01. The highest BCUT2D eigenvalue weighted by atomic mass is 35.5. The second kappa shape index (κ2) is 3.76. The number of rotatable bonds is 2. The number of nitrogens with two attached hydrogens (primary N) is 1. The van der Waals surface area contributed by atoms with Gasteiger partial charge in [-0.3, -0.25) is 0 Å². The van der Waals surface area contributed by atoms with Gasteiger partial charge in [0.15, 0.2) is 0 Å². The van der Waals surface area contributed by atoms with Crippen LogP contribution < -0.4 is 5.73 Å². The lowest BCUT2D eigenvalue weighted by Crippen LogP contribution is -2.25. The zero-order valence-electron chi connectivity index (χ0n) is 8.66. The van der Waals surface area contributed by atoms with Crippen molar-refractivity contribution in [1.82, 2.24) is 0 Å². The molecule has 2 saturated carbocycles. The number of hydrogen-bond donors (Lipinski definition) is 1. The van der Waals surface area contributed by atoms with E-state index in [0.29, 0.717) is 0 Å². The van der Waals surface area contributed by atoms with Crippen LogP contribution >= 0.6 is 22.9 Å². The Morgan fingerprint density at radius 2 is 2.20 bits per heavy atom. The molecule has 0 amide bonds. The van der Waals surface area contributed by atoms with Crippen LogP contribution in [0.25, 0.3) is 0 Å². The summed E-state index contributed by atoms with van der Waals surface area (Å²) in [4.78, 5) is 1.28. The minimum Gasteiger partial charge on any atom is -0.323 e. The third-order valence-electron chi connectivity index (χ3n) is 4.18. The van der Waals surface area contributed by atoms with Crippen molar-refractivity contribution in [1.29, 1.82) is 0 Å². The van der Waals surface area contributed by atoms with Gasteiger partial charge in [-0.1, -0.05) is 18.0 Å². The monoisotopic (exact) mass is 241 g/mol. The summed E-state index contributed by atoms with van der Waals surface area (Å²) in [6, 6.07) is 4.30. The van der Waals surface area contributed by atoms with Gasteiger partial charge in [-0.2, -0.15) is 0 Å². The molecule has 3 rings (SSSR count).